The summed E-state index contributed by atoms with van der Waals surface area (Å²) >= 11 is 0. The van der Waals surface area contributed by atoms with Gasteiger partial charge in [-0.15, -0.1) is 0 Å². The highest BCUT2D eigenvalue weighted by atomic mass is 16.5. The summed E-state index contributed by atoms with van der Waals surface area (Å²) in [6.45, 7) is 1.25. The van der Waals surface area contributed by atoms with Gasteiger partial charge in [0.1, 0.15) is 12.4 Å². The molecule has 116 valence electrons. The van der Waals surface area contributed by atoms with Gasteiger partial charge in [-0.25, -0.2) is 0 Å². The fourth-order valence-corrected chi connectivity index (χ4v) is 2.51. The minimum absolute atomic E-state index is 0.575. The van der Waals surface area contributed by atoms with Crippen LogP contribution in [0.2, 0.25) is 0 Å². The fraction of sp³-hybridized carbons (Fsp3) is 0.143. The van der Waals surface area contributed by atoms with Crippen LogP contribution in [0.1, 0.15) is 11.1 Å². The van der Waals surface area contributed by atoms with Crippen molar-refractivity contribution in [1.29, 1.82) is 0 Å². The maximum atomic E-state index is 5.84. The molecule has 0 unspecified atom stereocenters. The van der Waals surface area contributed by atoms with E-state index in [4.69, 9.17) is 10.5 Å². The molecular formula is C21H21NO. The van der Waals surface area contributed by atoms with Crippen molar-refractivity contribution in [3.8, 4) is 16.9 Å². The molecule has 2 heteroatoms. The number of hydrogen-bond acceptors (Lipinski definition) is 2. The molecule has 0 amide bonds. The van der Waals surface area contributed by atoms with E-state index in [1.54, 1.807) is 0 Å². The first-order valence-corrected chi connectivity index (χ1v) is 7.91. The van der Waals surface area contributed by atoms with Gasteiger partial charge in [0.2, 0.25) is 0 Å². The summed E-state index contributed by atoms with van der Waals surface area (Å²) in [6.07, 6.45) is 0.904. The Hall–Kier alpha value is -2.58. The molecule has 0 aliphatic heterocycles. The summed E-state index contributed by atoms with van der Waals surface area (Å²) in [6, 6.07) is 27.0. The number of ether oxygens (including phenoxy) is 1. The molecule has 0 heterocycles. The number of benzene rings is 3. The van der Waals surface area contributed by atoms with Crippen LogP contribution in [0.3, 0.4) is 0 Å². The van der Waals surface area contributed by atoms with E-state index < -0.39 is 0 Å². The summed E-state index contributed by atoms with van der Waals surface area (Å²) in [5.74, 6) is 0.887. The third kappa shape index (κ3) is 4.21. The van der Waals surface area contributed by atoms with E-state index in [-0.39, 0.29) is 0 Å². The Morgan fingerprint density at radius 1 is 0.652 bits per heavy atom. The lowest BCUT2D eigenvalue weighted by Gasteiger charge is -2.08. The topological polar surface area (TPSA) is 35.2 Å². The molecule has 2 N–H and O–H groups in total. The molecule has 0 saturated heterocycles. The lowest BCUT2D eigenvalue weighted by Crippen LogP contribution is -2.02. The monoisotopic (exact) mass is 303 g/mol. The third-order valence-corrected chi connectivity index (χ3v) is 3.82. The molecule has 0 fully saturated rings. The van der Waals surface area contributed by atoms with Gasteiger partial charge in [-0.1, -0.05) is 66.7 Å². The van der Waals surface area contributed by atoms with Crippen LogP contribution in [0, 0.1) is 0 Å². The Kier molecular flexibility index (Phi) is 5.07. The molecule has 23 heavy (non-hydrogen) atoms. The highest BCUT2D eigenvalue weighted by molar-refractivity contribution is 5.63. The van der Waals surface area contributed by atoms with Crippen LogP contribution in [-0.2, 0) is 13.0 Å². The molecule has 2 nitrogen and oxygen atoms in total. The highest BCUT2D eigenvalue weighted by Gasteiger charge is 1.99. The van der Waals surface area contributed by atoms with Gasteiger partial charge < -0.3 is 10.5 Å². The first kappa shape index (κ1) is 15.3. The normalized spacial score (nSPS) is 10.5. The zero-order chi connectivity index (χ0) is 15.9. The maximum absolute atomic E-state index is 5.84. The Morgan fingerprint density at radius 3 is 1.91 bits per heavy atom. The molecular weight excluding hydrogens is 282 g/mol. The van der Waals surface area contributed by atoms with E-state index in [1.165, 1.54) is 16.7 Å². The van der Waals surface area contributed by atoms with E-state index in [9.17, 15) is 0 Å². The minimum atomic E-state index is 0.575. The number of hydrogen-bond donors (Lipinski definition) is 1. The maximum Gasteiger partial charge on any atom is 0.119 e. The van der Waals surface area contributed by atoms with Gasteiger partial charge in [-0.3, -0.25) is 0 Å². The average molecular weight is 303 g/mol. The van der Waals surface area contributed by atoms with Crippen molar-refractivity contribution in [3.63, 3.8) is 0 Å². The Labute approximate surface area is 137 Å². The summed E-state index contributed by atoms with van der Waals surface area (Å²) in [5.41, 5.74) is 10.4. The lowest BCUT2D eigenvalue weighted by molar-refractivity contribution is 0.306. The highest BCUT2D eigenvalue weighted by Crippen LogP contribution is 2.20. The van der Waals surface area contributed by atoms with Crippen LogP contribution in [0.15, 0.2) is 78.9 Å². The van der Waals surface area contributed by atoms with Crippen LogP contribution in [0.25, 0.3) is 11.1 Å². The Bertz CT molecular complexity index is 718. The van der Waals surface area contributed by atoms with E-state index in [0.717, 1.165) is 17.7 Å². The number of rotatable bonds is 6. The smallest absolute Gasteiger partial charge is 0.119 e. The summed E-state index contributed by atoms with van der Waals surface area (Å²) in [5, 5.41) is 0. The van der Waals surface area contributed by atoms with Crippen molar-refractivity contribution in [2.45, 2.75) is 13.0 Å². The van der Waals surface area contributed by atoms with Crippen molar-refractivity contribution in [1.82, 2.24) is 0 Å². The van der Waals surface area contributed by atoms with Gasteiger partial charge in [-0.2, -0.15) is 0 Å². The van der Waals surface area contributed by atoms with Crippen molar-refractivity contribution in [2.75, 3.05) is 6.54 Å². The van der Waals surface area contributed by atoms with Crippen molar-refractivity contribution < 1.29 is 4.74 Å². The van der Waals surface area contributed by atoms with Gasteiger partial charge >= 0.3 is 0 Å². The van der Waals surface area contributed by atoms with Crippen molar-refractivity contribution >= 4 is 0 Å². The second-order valence-electron chi connectivity index (χ2n) is 5.53. The molecule has 0 aliphatic rings. The molecule has 0 radical (unpaired) electrons. The van der Waals surface area contributed by atoms with Crippen molar-refractivity contribution in [2.24, 2.45) is 5.73 Å². The second-order valence-corrected chi connectivity index (χ2v) is 5.53. The van der Waals surface area contributed by atoms with Crippen LogP contribution in [0.5, 0.6) is 5.75 Å². The van der Waals surface area contributed by atoms with E-state index in [1.807, 2.05) is 18.2 Å². The predicted octanol–water partition coefficient (Wildman–Crippen LogP) is 4.43. The van der Waals surface area contributed by atoms with Gasteiger partial charge in [0.25, 0.3) is 0 Å². The zero-order valence-corrected chi connectivity index (χ0v) is 13.1. The Balaban J connectivity index is 1.60. The SMILES string of the molecule is NCCc1ccc(OCc2ccc(-c3ccccc3)cc2)cc1. The molecule has 3 aromatic carbocycles. The fourth-order valence-electron chi connectivity index (χ4n) is 2.51. The molecule has 3 rings (SSSR count). The first-order chi connectivity index (χ1) is 11.3. The molecule has 3 aromatic rings. The molecule has 0 atom stereocenters. The van der Waals surface area contributed by atoms with Crippen LogP contribution < -0.4 is 10.5 Å². The quantitative estimate of drug-likeness (QED) is 0.731. The molecule has 0 saturated carbocycles. The van der Waals surface area contributed by atoms with Gasteiger partial charge in [0.15, 0.2) is 0 Å². The van der Waals surface area contributed by atoms with Crippen LogP contribution in [-0.4, -0.2) is 6.54 Å². The first-order valence-electron chi connectivity index (χ1n) is 7.91. The van der Waals surface area contributed by atoms with Gasteiger partial charge in [0, 0.05) is 0 Å². The van der Waals surface area contributed by atoms with E-state index in [2.05, 4.69) is 60.7 Å². The Morgan fingerprint density at radius 2 is 1.26 bits per heavy atom. The van der Waals surface area contributed by atoms with Crippen LogP contribution >= 0.6 is 0 Å². The summed E-state index contributed by atoms with van der Waals surface area (Å²) < 4.78 is 5.84. The summed E-state index contributed by atoms with van der Waals surface area (Å²) in [7, 11) is 0. The number of nitrogens with two attached hydrogens (primary N) is 1. The predicted molar refractivity (Wildman–Crippen MR) is 95.4 cm³/mol. The van der Waals surface area contributed by atoms with E-state index >= 15 is 0 Å². The van der Waals surface area contributed by atoms with Gasteiger partial charge in [0.05, 0.1) is 0 Å². The molecule has 0 aliphatic carbocycles. The van der Waals surface area contributed by atoms with Crippen molar-refractivity contribution in [3.05, 3.63) is 90.0 Å². The molecule has 0 aromatic heterocycles. The second kappa shape index (κ2) is 7.61. The van der Waals surface area contributed by atoms with Crippen LogP contribution in [0.4, 0.5) is 0 Å². The lowest BCUT2D eigenvalue weighted by atomic mass is 10.0. The standard InChI is InChI=1S/C21H21NO/c22-15-14-17-8-12-21(13-9-17)23-16-18-6-10-20(11-7-18)19-4-2-1-3-5-19/h1-13H,14-16,22H2. The molecule has 0 bridgehead atoms. The van der Waals surface area contributed by atoms with Gasteiger partial charge in [-0.05, 0) is 47.4 Å². The summed E-state index contributed by atoms with van der Waals surface area (Å²) in [4.78, 5) is 0. The average Bonchev–Trinajstić information content (AvgIpc) is 2.63. The largest absolute Gasteiger partial charge is 0.489 e. The third-order valence-electron chi connectivity index (χ3n) is 3.82. The molecule has 0 spiro atoms. The zero-order valence-electron chi connectivity index (χ0n) is 13.1. The van der Waals surface area contributed by atoms with E-state index in [0.29, 0.717) is 13.2 Å². The minimum Gasteiger partial charge on any atom is -0.489 e.